The Kier molecular flexibility index (Phi) is 5.28. The van der Waals surface area contributed by atoms with Crippen molar-refractivity contribution in [3.8, 4) is 5.75 Å². The number of aliphatic imine (C=N–C) groups is 1. The normalized spacial score (nSPS) is 22.9. The van der Waals surface area contributed by atoms with Crippen LogP contribution in [0.1, 0.15) is 32.1 Å². The van der Waals surface area contributed by atoms with E-state index in [2.05, 4.69) is 15.2 Å². The summed E-state index contributed by atoms with van der Waals surface area (Å²) < 4.78 is 5.15. The van der Waals surface area contributed by atoms with Crippen molar-refractivity contribution in [2.24, 2.45) is 10.7 Å². The Morgan fingerprint density at radius 2 is 2.22 bits per heavy atom. The van der Waals surface area contributed by atoms with E-state index in [-0.39, 0.29) is 0 Å². The molecule has 3 N–H and O–H groups in total. The summed E-state index contributed by atoms with van der Waals surface area (Å²) in [7, 11) is 1.60. The number of piperidine rings is 1. The van der Waals surface area contributed by atoms with Crippen molar-refractivity contribution in [1.82, 2.24) is 4.90 Å². The molecule has 0 amide bonds. The maximum absolute atomic E-state index is 6.12. The summed E-state index contributed by atoms with van der Waals surface area (Å²) in [5.41, 5.74) is 6.85. The highest BCUT2D eigenvalue weighted by Crippen LogP contribution is 2.32. The van der Waals surface area contributed by atoms with Crippen LogP contribution in [0, 0.1) is 0 Å². The Balaban J connectivity index is 1.57. The molecule has 1 aromatic rings. The van der Waals surface area contributed by atoms with Crippen LogP contribution in [0.2, 0.25) is 5.02 Å². The lowest BCUT2D eigenvalue weighted by atomic mass is 10.0. The molecule has 1 saturated heterocycles. The van der Waals surface area contributed by atoms with Crippen molar-refractivity contribution in [3.63, 3.8) is 0 Å². The number of nitrogens with two attached hydrogens (primary N) is 1. The second-order valence-corrected chi connectivity index (χ2v) is 6.73. The van der Waals surface area contributed by atoms with Crippen LogP contribution in [0.5, 0.6) is 5.75 Å². The van der Waals surface area contributed by atoms with Gasteiger partial charge >= 0.3 is 0 Å². The lowest BCUT2D eigenvalue weighted by Crippen LogP contribution is -2.43. The number of benzene rings is 1. The number of anilines is 1. The van der Waals surface area contributed by atoms with Crippen LogP contribution >= 0.6 is 11.6 Å². The predicted molar refractivity (Wildman–Crippen MR) is 95.5 cm³/mol. The first kappa shape index (κ1) is 16.4. The number of nitrogens with one attached hydrogen (secondary N) is 1. The third kappa shape index (κ3) is 4.30. The Bertz CT molecular complexity index is 574. The Hall–Kier alpha value is -1.46. The topological polar surface area (TPSA) is 62.9 Å². The maximum atomic E-state index is 6.12. The minimum atomic E-state index is 0.438. The minimum Gasteiger partial charge on any atom is -0.495 e. The first-order chi connectivity index (χ1) is 11.2. The van der Waals surface area contributed by atoms with Gasteiger partial charge < -0.3 is 15.8 Å². The molecule has 2 fully saturated rings. The van der Waals surface area contributed by atoms with Crippen LogP contribution in [-0.2, 0) is 0 Å². The average Bonchev–Trinajstić information content (AvgIpc) is 3.38. The lowest BCUT2D eigenvalue weighted by molar-refractivity contribution is 0.144. The fraction of sp³-hybridized carbons (Fsp3) is 0.588. The summed E-state index contributed by atoms with van der Waals surface area (Å²) in [6.45, 7) is 1.98. The molecule has 1 aromatic carbocycles. The van der Waals surface area contributed by atoms with Crippen molar-refractivity contribution in [2.75, 3.05) is 25.5 Å². The smallest absolute Gasteiger partial charge is 0.193 e. The molecule has 6 heteroatoms. The summed E-state index contributed by atoms with van der Waals surface area (Å²) in [4.78, 5) is 7.17. The van der Waals surface area contributed by atoms with Crippen LogP contribution < -0.4 is 15.8 Å². The van der Waals surface area contributed by atoms with Crippen molar-refractivity contribution >= 4 is 23.2 Å². The molecule has 1 aliphatic heterocycles. The molecule has 3 rings (SSSR count). The number of hydrogen-bond donors (Lipinski definition) is 2. The van der Waals surface area contributed by atoms with Gasteiger partial charge in [0.15, 0.2) is 5.96 Å². The van der Waals surface area contributed by atoms with Gasteiger partial charge in [-0.1, -0.05) is 18.0 Å². The minimum absolute atomic E-state index is 0.438. The fourth-order valence-corrected chi connectivity index (χ4v) is 3.50. The second kappa shape index (κ2) is 7.41. The third-order valence-electron chi connectivity index (χ3n) is 4.59. The van der Waals surface area contributed by atoms with Gasteiger partial charge in [-0.2, -0.15) is 0 Å². The summed E-state index contributed by atoms with van der Waals surface area (Å²) in [6, 6.07) is 6.82. The zero-order valence-corrected chi connectivity index (χ0v) is 14.4. The van der Waals surface area contributed by atoms with E-state index in [1.165, 1.54) is 38.6 Å². The van der Waals surface area contributed by atoms with Gasteiger partial charge in [0.2, 0.25) is 0 Å². The molecule has 1 aliphatic carbocycles. The second-order valence-electron chi connectivity index (χ2n) is 6.32. The van der Waals surface area contributed by atoms with E-state index in [0.29, 0.717) is 22.8 Å². The lowest BCUT2D eigenvalue weighted by Gasteiger charge is -2.35. The quantitative estimate of drug-likeness (QED) is 0.640. The number of halogens is 1. The van der Waals surface area contributed by atoms with E-state index in [4.69, 9.17) is 22.1 Å². The third-order valence-corrected chi connectivity index (χ3v) is 4.88. The van der Waals surface area contributed by atoms with Crippen molar-refractivity contribution < 1.29 is 4.74 Å². The van der Waals surface area contributed by atoms with Crippen LogP contribution in [-0.4, -0.2) is 43.1 Å². The number of hydrogen-bond acceptors (Lipinski definition) is 3. The molecule has 0 spiro atoms. The molecular weight excluding hydrogens is 312 g/mol. The molecule has 0 bridgehead atoms. The number of likely N-dealkylation sites (tertiary alicyclic amines) is 1. The van der Waals surface area contributed by atoms with Gasteiger partial charge in [-0.3, -0.25) is 9.89 Å². The highest BCUT2D eigenvalue weighted by molar-refractivity contribution is 6.32. The van der Waals surface area contributed by atoms with E-state index in [9.17, 15) is 0 Å². The maximum Gasteiger partial charge on any atom is 0.193 e. The average molecular weight is 337 g/mol. The molecule has 0 radical (unpaired) electrons. The van der Waals surface area contributed by atoms with Crippen LogP contribution in [0.15, 0.2) is 23.2 Å². The Morgan fingerprint density at radius 3 is 2.91 bits per heavy atom. The first-order valence-electron chi connectivity index (χ1n) is 8.33. The monoisotopic (exact) mass is 336 g/mol. The van der Waals surface area contributed by atoms with Crippen molar-refractivity contribution in [1.29, 1.82) is 0 Å². The van der Waals surface area contributed by atoms with E-state index < -0.39 is 0 Å². The van der Waals surface area contributed by atoms with Gasteiger partial charge in [-0.15, -0.1) is 0 Å². The first-order valence-corrected chi connectivity index (χ1v) is 8.71. The van der Waals surface area contributed by atoms with Crippen molar-refractivity contribution in [3.05, 3.63) is 23.2 Å². The molecule has 1 saturated carbocycles. The Morgan fingerprint density at radius 1 is 1.39 bits per heavy atom. The van der Waals surface area contributed by atoms with Gasteiger partial charge in [0.05, 0.1) is 18.7 Å². The molecular formula is C17H25ClN4O. The zero-order chi connectivity index (χ0) is 16.2. The molecule has 126 valence electrons. The number of rotatable bonds is 5. The zero-order valence-electron chi connectivity index (χ0n) is 13.6. The summed E-state index contributed by atoms with van der Waals surface area (Å²) in [5, 5.41) is 3.66. The van der Waals surface area contributed by atoms with Gasteiger partial charge in [0.1, 0.15) is 5.75 Å². The molecule has 1 unspecified atom stereocenters. The van der Waals surface area contributed by atoms with Gasteiger partial charge in [-0.25, -0.2) is 0 Å². The van der Waals surface area contributed by atoms with E-state index >= 15 is 0 Å². The summed E-state index contributed by atoms with van der Waals surface area (Å²) in [5.74, 6) is 1.09. The molecule has 1 atom stereocenters. The predicted octanol–water partition coefficient (Wildman–Crippen LogP) is 3.09. The molecule has 0 aromatic heterocycles. The number of methoxy groups -OCH3 is 1. The highest BCUT2D eigenvalue weighted by atomic mass is 35.5. The SMILES string of the molecule is COc1ccc(NC(N)=NCC2CCCCN2C2CC2)cc1Cl. The molecule has 2 aliphatic rings. The van der Waals surface area contributed by atoms with Gasteiger partial charge in [-0.05, 0) is 50.4 Å². The molecule has 23 heavy (non-hydrogen) atoms. The van der Waals surface area contributed by atoms with Gasteiger partial charge in [0, 0.05) is 17.8 Å². The van der Waals surface area contributed by atoms with E-state index in [1.807, 2.05) is 12.1 Å². The standard InChI is InChI=1S/C17H25ClN4O/c1-23-16-8-5-12(10-15(16)18)21-17(19)20-11-14-4-2-3-9-22(14)13-6-7-13/h5,8,10,13-14H,2-4,6-7,9,11H2,1H3,(H3,19,20,21). The number of guanidine groups is 1. The largest absolute Gasteiger partial charge is 0.495 e. The molecule has 5 nitrogen and oxygen atoms in total. The van der Waals surface area contributed by atoms with Crippen LogP contribution in [0.4, 0.5) is 5.69 Å². The summed E-state index contributed by atoms with van der Waals surface area (Å²) in [6.07, 6.45) is 6.53. The van der Waals surface area contributed by atoms with E-state index in [0.717, 1.165) is 18.3 Å². The van der Waals surface area contributed by atoms with E-state index in [1.54, 1.807) is 13.2 Å². The highest BCUT2D eigenvalue weighted by Gasteiger charge is 2.34. The van der Waals surface area contributed by atoms with Gasteiger partial charge in [0.25, 0.3) is 0 Å². The number of ether oxygens (including phenoxy) is 1. The van der Waals surface area contributed by atoms with Crippen molar-refractivity contribution in [2.45, 2.75) is 44.2 Å². The Labute approximate surface area is 142 Å². The van der Waals surface area contributed by atoms with Crippen LogP contribution in [0.25, 0.3) is 0 Å². The summed E-state index contributed by atoms with van der Waals surface area (Å²) >= 11 is 6.12. The fourth-order valence-electron chi connectivity index (χ4n) is 3.24. The number of nitrogens with zero attached hydrogens (tertiary/aromatic N) is 2. The van der Waals surface area contributed by atoms with Crippen LogP contribution in [0.3, 0.4) is 0 Å². The molecule has 1 heterocycles.